The maximum atomic E-state index is 4.60. The van der Waals surface area contributed by atoms with E-state index >= 15 is 0 Å². The molecule has 8 nitrogen and oxygen atoms in total. The van der Waals surface area contributed by atoms with Crippen LogP contribution in [0.5, 0.6) is 0 Å². The van der Waals surface area contributed by atoms with Gasteiger partial charge in [-0.05, 0) is 43.2 Å². The van der Waals surface area contributed by atoms with Crippen molar-refractivity contribution in [3.8, 4) is 5.69 Å². The van der Waals surface area contributed by atoms with Gasteiger partial charge >= 0.3 is 0 Å². The molecule has 4 heterocycles. The molecule has 3 aromatic heterocycles. The summed E-state index contributed by atoms with van der Waals surface area (Å²) in [5.74, 6) is 1.87. The standard InChI is InChI=1S/C23H24N8/c1-16-3-8-22(25-11-16)30-10-9-21-20(12-30)23(27-14-26-21)29-17(2)18-4-6-19(7-5-18)31-15-24-13-28-31/h3-8,11,13-15,17H,9-10,12H2,1-2H3,(H,26,27,29). The fourth-order valence-electron chi connectivity index (χ4n) is 3.85. The highest BCUT2D eigenvalue weighted by molar-refractivity contribution is 5.53. The molecule has 31 heavy (non-hydrogen) atoms. The third-order valence-corrected chi connectivity index (χ3v) is 5.65. The summed E-state index contributed by atoms with van der Waals surface area (Å²) in [5.41, 5.74) is 5.56. The van der Waals surface area contributed by atoms with Crippen molar-refractivity contribution in [2.75, 3.05) is 16.8 Å². The second-order valence-corrected chi connectivity index (χ2v) is 7.81. The second-order valence-electron chi connectivity index (χ2n) is 7.81. The number of hydrogen-bond donors (Lipinski definition) is 1. The summed E-state index contributed by atoms with van der Waals surface area (Å²) < 4.78 is 1.75. The molecule has 1 atom stereocenters. The molecule has 0 radical (unpaired) electrons. The lowest BCUT2D eigenvalue weighted by atomic mass is 10.0. The molecule has 0 saturated carbocycles. The van der Waals surface area contributed by atoms with E-state index < -0.39 is 0 Å². The lowest BCUT2D eigenvalue weighted by Crippen LogP contribution is -2.32. The van der Waals surface area contributed by atoms with E-state index in [2.05, 4.69) is 73.4 Å². The summed E-state index contributed by atoms with van der Waals surface area (Å²) in [6, 6.07) is 12.6. The van der Waals surface area contributed by atoms with Crippen molar-refractivity contribution >= 4 is 11.6 Å². The normalized spacial score (nSPS) is 14.2. The van der Waals surface area contributed by atoms with Gasteiger partial charge in [0.15, 0.2) is 0 Å². The maximum Gasteiger partial charge on any atom is 0.138 e. The number of benzene rings is 1. The molecular formula is C23H24N8. The van der Waals surface area contributed by atoms with E-state index in [1.54, 1.807) is 17.3 Å². The average molecular weight is 413 g/mol. The Kier molecular flexibility index (Phi) is 5.03. The monoisotopic (exact) mass is 412 g/mol. The zero-order chi connectivity index (χ0) is 21.2. The Morgan fingerprint density at radius 1 is 1.00 bits per heavy atom. The molecule has 1 aliphatic rings. The molecule has 156 valence electrons. The summed E-state index contributed by atoms with van der Waals surface area (Å²) in [6.45, 7) is 5.84. The van der Waals surface area contributed by atoms with Crippen LogP contribution in [0.1, 0.15) is 35.3 Å². The fourth-order valence-corrected chi connectivity index (χ4v) is 3.85. The molecule has 0 saturated heterocycles. The molecular weight excluding hydrogens is 388 g/mol. The lowest BCUT2D eigenvalue weighted by molar-refractivity contribution is 0.694. The largest absolute Gasteiger partial charge is 0.363 e. The van der Waals surface area contributed by atoms with Crippen LogP contribution in [-0.4, -0.2) is 36.3 Å². The molecule has 4 aromatic rings. The smallest absolute Gasteiger partial charge is 0.138 e. The fraction of sp³-hybridized carbons (Fsp3) is 0.261. The van der Waals surface area contributed by atoms with E-state index in [4.69, 9.17) is 0 Å². The van der Waals surface area contributed by atoms with Crippen molar-refractivity contribution in [1.29, 1.82) is 0 Å². The highest BCUT2D eigenvalue weighted by Crippen LogP contribution is 2.28. The van der Waals surface area contributed by atoms with Gasteiger partial charge in [0.25, 0.3) is 0 Å². The predicted molar refractivity (Wildman–Crippen MR) is 119 cm³/mol. The van der Waals surface area contributed by atoms with E-state index in [-0.39, 0.29) is 6.04 Å². The van der Waals surface area contributed by atoms with Crippen LogP contribution in [0.3, 0.4) is 0 Å². The maximum absolute atomic E-state index is 4.60. The van der Waals surface area contributed by atoms with Crippen LogP contribution in [0.15, 0.2) is 61.6 Å². The van der Waals surface area contributed by atoms with E-state index in [1.165, 1.54) is 11.9 Å². The van der Waals surface area contributed by atoms with Crippen molar-refractivity contribution in [3.05, 3.63) is 84.0 Å². The van der Waals surface area contributed by atoms with E-state index in [1.807, 2.05) is 18.3 Å². The van der Waals surface area contributed by atoms with E-state index in [0.29, 0.717) is 0 Å². The Bertz CT molecular complexity index is 1150. The zero-order valence-electron chi connectivity index (χ0n) is 17.6. The van der Waals surface area contributed by atoms with E-state index in [0.717, 1.165) is 53.7 Å². The third kappa shape index (κ3) is 3.96. The van der Waals surface area contributed by atoms with Crippen LogP contribution >= 0.6 is 0 Å². The first kappa shape index (κ1) is 19.2. The zero-order valence-corrected chi connectivity index (χ0v) is 17.6. The number of nitrogens with one attached hydrogen (secondary N) is 1. The Morgan fingerprint density at radius 3 is 2.61 bits per heavy atom. The highest BCUT2D eigenvalue weighted by atomic mass is 15.3. The minimum absolute atomic E-state index is 0.0941. The minimum atomic E-state index is 0.0941. The summed E-state index contributed by atoms with van der Waals surface area (Å²) in [7, 11) is 0. The molecule has 0 aliphatic carbocycles. The van der Waals surface area contributed by atoms with E-state index in [9.17, 15) is 0 Å². The summed E-state index contributed by atoms with van der Waals surface area (Å²) in [4.78, 5) is 20.0. The number of nitrogens with zero attached hydrogens (tertiary/aromatic N) is 7. The molecule has 0 fully saturated rings. The third-order valence-electron chi connectivity index (χ3n) is 5.65. The molecule has 0 bridgehead atoms. The minimum Gasteiger partial charge on any atom is -0.363 e. The van der Waals surface area contributed by atoms with Gasteiger partial charge in [-0.3, -0.25) is 0 Å². The number of fused-ring (bicyclic) bond motifs is 1. The molecule has 1 aliphatic heterocycles. The molecule has 5 rings (SSSR count). The summed E-state index contributed by atoms with van der Waals surface area (Å²) in [5, 5.41) is 7.77. The van der Waals surface area contributed by atoms with Crippen molar-refractivity contribution in [2.24, 2.45) is 0 Å². The average Bonchev–Trinajstić information content (AvgIpc) is 3.35. The van der Waals surface area contributed by atoms with Gasteiger partial charge in [-0.1, -0.05) is 18.2 Å². The topological polar surface area (TPSA) is 84.7 Å². The number of rotatable bonds is 5. The van der Waals surface area contributed by atoms with Crippen LogP contribution in [0.2, 0.25) is 0 Å². The van der Waals surface area contributed by atoms with Gasteiger partial charge in [-0.2, -0.15) is 5.10 Å². The number of aromatic nitrogens is 6. The van der Waals surface area contributed by atoms with Crippen LogP contribution in [0.4, 0.5) is 11.6 Å². The number of aryl methyl sites for hydroxylation is 1. The highest BCUT2D eigenvalue weighted by Gasteiger charge is 2.23. The van der Waals surface area contributed by atoms with Gasteiger partial charge in [0.1, 0.15) is 30.6 Å². The number of hydrogen-bond acceptors (Lipinski definition) is 7. The van der Waals surface area contributed by atoms with Crippen LogP contribution in [0.25, 0.3) is 5.69 Å². The number of anilines is 2. The van der Waals surface area contributed by atoms with Crippen molar-refractivity contribution in [1.82, 2.24) is 29.7 Å². The number of pyridine rings is 1. The van der Waals surface area contributed by atoms with Crippen molar-refractivity contribution in [2.45, 2.75) is 32.9 Å². The molecule has 1 unspecified atom stereocenters. The second kappa shape index (κ2) is 8.14. The molecule has 1 N–H and O–H groups in total. The first-order valence-corrected chi connectivity index (χ1v) is 10.4. The van der Waals surface area contributed by atoms with Gasteiger partial charge in [0.2, 0.25) is 0 Å². The first-order chi connectivity index (χ1) is 15.2. The molecule has 8 heteroatoms. The SMILES string of the molecule is Cc1ccc(N2CCc3ncnc(NC(C)c4ccc(-n5cncn5)cc4)c3C2)nc1. The molecule has 0 spiro atoms. The van der Waals surface area contributed by atoms with Gasteiger partial charge in [-0.25, -0.2) is 24.6 Å². The van der Waals surface area contributed by atoms with Crippen LogP contribution < -0.4 is 10.2 Å². The molecule has 0 amide bonds. The van der Waals surface area contributed by atoms with Crippen LogP contribution in [-0.2, 0) is 13.0 Å². The summed E-state index contributed by atoms with van der Waals surface area (Å²) >= 11 is 0. The molecule has 1 aromatic carbocycles. The Hall–Kier alpha value is -3.81. The lowest BCUT2D eigenvalue weighted by Gasteiger charge is -2.30. The Balaban J connectivity index is 1.35. The van der Waals surface area contributed by atoms with Gasteiger partial charge in [0, 0.05) is 37.3 Å². The van der Waals surface area contributed by atoms with Crippen LogP contribution in [0, 0.1) is 6.92 Å². The van der Waals surface area contributed by atoms with Gasteiger partial charge in [0.05, 0.1) is 11.4 Å². The quantitative estimate of drug-likeness (QED) is 0.537. The van der Waals surface area contributed by atoms with Crippen molar-refractivity contribution < 1.29 is 0 Å². The summed E-state index contributed by atoms with van der Waals surface area (Å²) in [6.07, 6.45) is 7.67. The Labute approximate surface area is 181 Å². The Morgan fingerprint density at radius 2 is 1.87 bits per heavy atom. The van der Waals surface area contributed by atoms with Crippen molar-refractivity contribution in [3.63, 3.8) is 0 Å². The first-order valence-electron chi connectivity index (χ1n) is 10.4. The van der Waals surface area contributed by atoms with Gasteiger partial charge in [-0.15, -0.1) is 0 Å². The van der Waals surface area contributed by atoms with Gasteiger partial charge < -0.3 is 10.2 Å². The predicted octanol–water partition coefficient (Wildman–Crippen LogP) is 3.50.